The summed E-state index contributed by atoms with van der Waals surface area (Å²) >= 11 is 1.54. The van der Waals surface area contributed by atoms with E-state index >= 15 is 0 Å². The zero-order valence-electron chi connectivity index (χ0n) is 9.96. The van der Waals surface area contributed by atoms with Crippen molar-refractivity contribution in [2.24, 2.45) is 0 Å². The van der Waals surface area contributed by atoms with Crippen LogP contribution < -0.4 is 5.56 Å². The second-order valence-corrected chi connectivity index (χ2v) is 4.92. The maximum Gasteiger partial charge on any atom is 0.278 e. The molecule has 0 saturated carbocycles. The average molecular weight is 256 g/mol. The average Bonchev–Trinajstić information content (AvgIpc) is 2.92. The molecule has 0 fully saturated rings. The van der Waals surface area contributed by atoms with Crippen molar-refractivity contribution >= 4 is 22.4 Å². The summed E-state index contributed by atoms with van der Waals surface area (Å²) < 4.78 is 1.78. The van der Waals surface area contributed by atoms with Crippen LogP contribution in [0.5, 0.6) is 0 Å². The van der Waals surface area contributed by atoms with Gasteiger partial charge in [-0.05, 0) is 30.5 Å². The summed E-state index contributed by atoms with van der Waals surface area (Å²) in [6, 6.07) is 11.6. The first-order chi connectivity index (χ1) is 8.81. The fraction of sp³-hybridized carbons (Fsp3) is 0.143. The predicted octanol–water partition coefficient (Wildman–Crippen LogP) is 3.14. The Morgan fingerprint density at radius 2 is 2.06 bits per heavy atom. The van der Waals surface area contributed by atoms with E-state index in [1.165, 1.54) is 0 Å². The molecule has 2 heterocycles. The van der Waals surface area contributed by atoms with Crippen LogP contribution in [0.2, 0.25) is 0 Å². The molecule has 3 aromatic rings. The molecule has 0 aliphatic heterocycles. The topological polar surface area (TPSA) is 34.9 Å². The fourth-order valence-corrected chi connectivity index (χ4v) is 2.79. The lowest BCUT2D eigenvalue weighted by Crippen LogP contribution is -2.22. The van der Waals surface area contributed by atoms with Crippen molar-refractivity contribution in [3.63, 3.8) is 0 Å². The predicted molar refractivity (Wildman–Crippen MR) is 75.0 cm³/mol. The van der Waals surface area contributed by atoms with Crippen LogP contribution in [0.1, 0.15) is 6.92 Å². The zero-order valence-corrected chi connectivity index (χ0v) is 10.8. The molecule has 0 bridgehead atoms. The summed E-state index contributed by atoms with van der Waals surface area (Å²) in [5, 5.41) is 1.96. The molecule has 1 aromatic carbocycles. The van der Waals surface area contributed by atoms with E-state index in [1.807, 2.05) is 48.7 Å². The van der Waals surface area contributed by atoms with Crippen molar-refractivity contribution < 1.29 is 0 Å². The Bertz CT molecular complexity index is 744. The molecule has 0 aliphatic rings. The minimum Gasteiger partial charge on any atom is -0.305 e. The highest BCUT2D eigenvalue weighted by atomic mass is 32.1. The molecule has 0 unspecified atom stereocenters. The lowest BCUT2D eigenvalue weighted by atomic mass is 10.2. The Balaban J connectivity index is 2.41. The van der Waals surface area contributed by atoms with E-state index in [4.69, 9.17) is 0 Å². The first-order valence-electron chi connectivity index (χ1n) is 5.84. The molecule has 0 aliphatic carbocycles. The number of aromatic nitrogens is 2. The van der Waals surface area contributed by atoms with E-state index in [0.717, 1.165) is 15.9 Å². The van der Waals surface area contributed by atoms with Crippen molar-refractivity contribution in [1.29, 1.82) is 0 Å². The Labute approximate surface area is 108 Å². The lowest BCUT2D eigenvalue weighted by molar-refractivity contribution is 0.756. The van der Waals surface area contributed by atoms with Crippen LogP contribution >= 0.6 is 11.3 Å². The number of benzene rings is 1. The summed E-state index contributed by atoms with van der Waals surface area (Å²) in [5.74, 6) is 0. The number of thiophene rings is 1. The van der Waals surface area contributed by atoms with Gasteiger partial charge in [-0.2, -0.15) is 0 Å². The molecule has 0 atom stereocenters. The molecule has 3 nitrogen and oxygen atoms in total. The largest absolute Gasteiger partial charge is 0.305 e. The van der Waals surface area contributed by atoms with Gasteiger partial charge in [0, 0.05) is 6.54 Å². The fourth-order valence-electron chi connectivity index (χ4n) is 2.08. The van der Waals surface area contributed by atoms with Gasteiger partial charge in [-0.3, -0.25) is 4.79 Å². The van der Waals surface area contributed by atoms with Crippen molar-refractivity contribution in [3.8, 4) is 10.6 Å². The molecular weight excluding hydrogens is 244 g/mol. The van der Waals surface area contributed by atoms with Gasteiger partial charge in [-0.1, -0.05) is 18.2 Å². The van der Waals surface area contributed by atoms with Crippen LogP contribution in [0.4, 0.5) is 0 Å². The van der Waals surface area contributed by atoms with Crippen LogP contribution in [-0.4, -0.2) is 9.55 Å². The van der Waals surface area contributed by atoms with Crippen LogP contribution in [0.15, 0.2) is 46.6 Å². The Morgan fingerprint density at radius 3 is 2.78 bits per heavy atom. The monoisotopic (exact) mass is 256 g/mol. The lowest BCUT2D eigenvalue weighted by Gasteiger charge is -2.09. The van der Waals surface area contributed by atoms with Gasteiger partial charge < -0.3 is 4.57 Å². The molecule has 3 rings (SSSR count). The quantitative estimate of drug-likeness (QED) is 0.706. The third-order valence-corrected chi connectivity index (χ3v) is 3.80. The van der Waals surface area contributed by atoms with E-state index in [-0.39, 0.29) is 5.56 Å². The van der Waals surface area contributed by atoms with Crippen molar-refractivity contribution in [1.82, 2.24) is 9.55 Å². The van der Waals surface area contributed by atoms with Gasteiger partial charge >= 0.3 is 0 Å². The van der Waals surface area contributed by atoms with E-state index in [1.54, 1.807) is 15.9 Å². The molecule has 2 aromatic heterocycles. The molecule has 4 heteroatoms. The van der Waals surface area contributed by atoms with Gasteiger partial charge in [0.25, 0.3) is 5.56 Å². The van der Waals surface area contributed by atoms with Gasteiger partial charge in [0.15, 0.2) is 0 Å². The van der Waals surface area contributed by atoms with E-state index in [9.17, 15) is 4.79 Å². The number of para-hydroxylation sites is 2. The highest BCUT2D eigenvalue weighted by Crippen LogP contribution is 2.21. The maximum atomic E-state index is 12.4. The van der Waals surface area contributed by atoms with Gasteiger partial charge in [0.05, 0.1) is 15.9 Å². The molecule has 0 N–H and O–H groups in total. The first-order valence-corrected chi connectivity index (χ1v) is 6.72. The smallest absolute Gasteiger partial charge is 0.278 e. The van der Waals surface area contributed by atoms with Crippen molar-refractivity contribution in [3.05, 3.63) is 52.1 Å². The second-order valence-electron chi connectivity index (χ2n) is 3.98. The Kier molecular flexibility index (Phi) is 2.72. The Hall–Kier alpha value is -1.94. The molecule has 0 radical (unpaired) electrons. The molecular formula is C14H12N2OS. The number of aryl methyl sites for hydroxylation is 1. The number of rotatable bonds is 2. The zero-order chi connectivity index (χ0) is 12.5. The summed E-state index contributed by atoms with van der Waals surface area (Å²) in [5.41, 5.74) is 2.29. The van der Waals surface area contributed by atoms with Gasteiger partial charge in [-0.15, -0.1) is 11.3 Å². The summed E-state index contributed by atoms with van der Waals surface area (Å²) in [6.07, 6.45) is 0. The van der Waals surface area contributed by atoms with E-state index < -0.39 is 0 Å². The SMILES string of the molecule is CCn1c(=O)c(-c2cccs2)nc2ccccc21. The molecule has 0 saturated heterocycles. The molecule has 90 valence electrons. The first kappa shape index (κ1) is 11.2. The molecule has 18 heavy (non-hydrogen) atoms. The van der Waals surface area contributed by atoms with E-state index in [0.29, 0.717) is 12.2 Å². The van der Waals surface area contributed by atoms with Crippen molar-refractivity contribution in [2.75, 3.05) is 0 Å². The minimum absolute atomic E-state index is 0.0151. The molecule has 0 amide bonds. The minimum atomic E-state index is -0.0151. The maximum absolute atomic E-state index is 12.4. The van der Waals surface area contributed by atoms with Gasteiger partial charge in [0.1, 0.15) is 5.69 Å². The highest BCUT2D eigenvalue weighted by molar-refractivity contribution is 7.13. The number of fused-ring (bicyclic) bond motifs is 1. The van der Waals surface area contributed by atoms with Crippen LogP contribution in [0, 0.1) is 0 Å². The van der Waals surface area contributed by atoms with Gasteiger partial charge in [-0.25, -0.2) is 4.98 Å². The van der Waals surface area contributed by atoms with Crippen LogP contribution in [0.3, 0.4) is 0 Å². The van der Waals surface area contributed by atoms with Gasteiger partial charge in [0.2, 0.25) is 0 Å². The van der Waals surface area contributed by atoms with Crippen LogP contribution in [-0.2, 0) is 6.54 Å². The number of nitrogens with zero attached hydrogens (tertiary/aromatic N) is 2. The second kappa shape index (κ2) is 4.38. The van der Waals surface area contributed by atoms with Crippen LogP contribution in [0.25, 0.3) is 21.6 Å². The third kappa shape index (κ3) is 1.66. The van der Waals surface area contributed by atoms with E-state index in [2.05, 4.69) is 4.98 Å². The Morgan fingerprint density at radius 1 is 1.22 bits per heavy atom. The summed E-state index contributed by atoms with van der Waals surface area (Å²) in [7, 11) is 0. The van der Waals surface area contributed by atoms with Crippen molar-refractivity contribution in [2.45, 2.75) is 13.5 Å². The number of hydrogen-bond acceptors (Lipinski definition) is 3. The third-order valence-electron chi connectivity index (χ3n) is 2.92. The normalized spacial score (nSPS) is 10.9. The number of hydrogen-bond donors (Lipinski definition) is 0. The molecule has 0 spiro atoms. The highest BCUT2D eigenvalue weighted by Gasteiger charge is 2.11. The summed E-state index contributed by atoms with van der Waals surface area (Å²) in [6.45, 7) is 2.63. The standard InChI is InChI=1S/C14H12N2OS/c1-2-16-11-7-4-3-6-10(11)15-13(14(16)17)12-8-5-9-18-12/h3-9H,2H2,1H3. The summed E-state index contributed by atoms with van der Waals surface area (Å²) in [4.78, 5) is 17.8.